The summed E-state index contributed by atoms with van der Waals surface area (Å²) in [6.45, 7) is -0.311. The van der Waals surface area contributed by atoms with Gasteiger partial charge < -0.3 is 25.4 Å². The zero-order valence-electron chi connectivity index (χ0n) is 27.6. The third-order valence-electron chi connectivity index (χ3n) is 12.1. The number of nitrogens with one attached hydrogen (secondary N) is 2. The van der Waals surface area contributed by atoms with Crippen LogP contribution in [0.3, 0.4) is 0 Å². The first-order valence-electron chi connectivity index (χ1n) is 17.9. The molecule has 3 saturated carbocycles. The number of hydrogen-bond donors (Lipinski definition) is 3. The molecule has 0 radical (unpaired) electrons. The molecule has 10 nitrogen and oxygen atoms in total. The summed E-state index contributed by atoms with van der Waals surface area (Å²) < 4.78 is 49.1. The number of benzene rings is 1. The number of carbonyl (C=O) groups is 4. The van der Waals surface area contributed by atoms with E-state index >= 15 is 0 Å². The zero-order chi connectivity index (χ0) is 34.5. The number of alkyl halides is 3. The predicted molar refractivity (Wildman–Crippen MR) is 174 cm³/mol. The molecule has 5 aliphatic rings. The van der Waals surface area contributed by atoms with Crippen molar-refractivity contribution in [3.63, 3.8) is 0 Å². The topological polar surface area (TPSA) is 130 Å². The number of ether oxygens (including phenoxy) is 1. The number of carbonyl (C=O) groups excluding carboxylic acids is 3. The summed E-state index contributed by atoms with van der Waals surface area (Å²) in [6, 6.07) is 5.55. The third-order valence-corrected chi connectivity index (χ3v) is 12.1. The fourth-order valence-electron chi connectivity index (χ4n) is 9.60. The van der Waals surface area contributed by atoms with E-state index < -0.39 is 42.5 Å². The highest BCUT2D eigenvalue weighted by Gasteiger charge is 2.52. The van der Waals surface area contributed by atoms with Crippen LogP contribution in [0.5, 0.6) is 0 Å². The van der Waals surface area contributed by atoms with E-state index in [9.17, 15) is 32.3 Å². The summed E-state index contributed by atoms with van der Waals surface area (Å²) in [6.07, 6.45) is 6.29. The molecule has 2 aliphatic heterocycles. The smallest absolute Gasteiger partial charge is 0.404 e. The number of likely N-dealkylation sites (tertiary alicyclic amines) is 1. The molecule has 1 saturated heterocycles. The number of nitrogens with zero attached hydrogens (tertiary/aromatic N) is 2. The molecule has 7 rings (SSSR count). The molecule has 49 heavy (non-hydrogen) atoms. The molecule has 1 aromatic heterocycles. The summed E-state index contributed by atoms with van der Waals surface area (Å²) in [4.78, 5) is 54.0. The summed E-state index contributed by atoms with van der Waals surface area (Å²) in [5, 5.41) is 15.1. The van der Waals surface area contributed by atoms with Crippen molar-refractivity contribution >= 4 is 40.5 Å². The monoisotopic (exact) mass is 686 g/mol. The molecule has 0 unspecified atom stereocenters. The minimum absolute atomic E-state index is 0.0202. The van der Waals surface area contributed by atoms with E-state index in [4.69, 9.17) is 9.84 Å². The van der Waals surface area contributed by atoms with Crippen molar-refractivity contribution in [3.05, 3.63) is 30.0 Å². The normalized spacial score (nSPS) is 28.6. The fourth-order valence-corrected chi connectivity index (χ4v) is 9.60. The van der Waals surface area contributed by atoms with Gasteiger partial charge in [0.1, 0.15) is 18.4 Å². The largest absolute Gasteiger partial charge is 0.465 e. The second-order valence-corrected chi connectivity index (χ2v) is 15.0. The van der Waals surface area contributed by atoms with Crippen molar-refractivity contribution < 1.29 is 42.2 Å². The molecule has 3 aliphatic carbocycles. The number of carboxylic acid groups (broad SMARTS) is 1. The van der Waals surface area contributed by atoms with Gasteiger partial charge in [0.05, 0.1) is 11.6 Å². The Bertz CT molecular complexity index is 1600. The molecule has 266 valence electrons. The van der Waals surface area contributed by atoms with Crippen LogP contribution in [0, 0.1) is 23.7 Å². The molecule has 3 amide bonds. The number of anilines is 1. The molecular weight excluding hydrogens is 641 g/mol. The lowest BCUT2D eigenvalue weighted by atomic mass is 9.76. The number of fused-ring (bicyclic) bond motifs is 4. The van der Waals surface area contributed by atoms with Gasteiger partial charge in [-0.1, -0.05) is 32.1 Å². The minimum Gasteiger partial charge on any atom is -0.465 e. The predicted octanol–water partition coefficient (Wildman–Crippen LogP) is 6.82. The third kappa shape index (κ3) is 6.38. The molecule has 3 atom stereocenters. The highest BCUT2D eigenvalue weighted by atomic mass is 19.3. The van der Waals surface area contributed by atoms with Crippen LogP contribution in [0.4, 0.5) is 23.7 Å². The summed E-state index contributed by atoms with van der Waals surface area (Å²) >= 11 is 0. The van der Waals surface area contributed by atoms with Gasteiger partial charge in [0.2, 0.25) is 17.7 Å². The Balaban J connectivity index is 1.09. The Hall–Kier alpha value is -3.77. The average Bonchev–Trinajstić information content (AvgIpc) is 3.78. The van der Waals surface area contributed by atoms with Crippen molar-refractivity contribution in [2.24, 2.45) is 23.7 Å². The lowest BCUT2D eigenvalue weighted by Crippen LogP contribution is -2.50. The van der Waals surface area contributed by atoms with Gasteiger partial charge in [0, 0.05) is 49.2 Å². The Morgan fingerprint density at radius 2 is 1.67 bits per heavy atom. The van der Waals surface area contributed by atoms with E-state index in [1.807, 2.05) is 0 Å². The second-order valence-electron chi connectivity index (χ2n) is 15.0. The van der Waals surface area contributed by atoms with Crippen molar-refractivity contribution in [2.45, 2.75) is 114 Å². The lowest BCUT2D eigenvalue weighted by Gasteiger charge is -2.37. The van der Waals surface area contributed by atoms with Crippen LogP contribution >= 0.6 is 0 Å². The Labute approximate surface area is 283 Å². The van der Waals surface area contributed by atoms with Gasteiger partial charge in [-0.05, 0) is 74.1 Å². The second kappa shape index (κ2) is 13.2. The standard InChI is InChI=1S/C36H45F3N4O6/c37-20-27(41-34(47)48)22-6-8-23(9-7-22)32(45)42-17-12-26(21-4-2-1-3-5-21)30(42)31(44)40-25-10-11-28-24(18-25)19-29-33(46)49-36(43(28)29)15-13-35(38,39)14-16-36/h10-11,18-19,21-23,26-27,30,41H,1-9,12-17,20H2,(H,40,44)(H,47,48)/t22?,23?,26-,27+,30-/m0/s1. The van der Waals surface area contributed by atoms with Crippen LogP contribution < -0.4 is 10.6 Å². The highest BCUT2D eigenvalue weighted by Crippen LogP contribution is 2.49. The maximum atomic E-state index is 14.2. The Morgan fingerprint density at radius 3 is 2.35 bits per heavy atom. The van der Waals surface area contributed by atoms with Crippen LogP contribution in [0.15, 0.2) is 24.3 Å². The van der Waals surface area contributed by atoms with Crippen LogP contribution in [0.25, 0.3) is 10.9 Å². The first-order valence-corrected chi connectivity index (χ1v) is 17.9. The molecule has 3 N–H and O–H groups in total. The molecule has 4 fully saturated rings. The molecular formula is C36H45F3N4O6. The van der Waals surface area contributed by atoms with Gasteiger partial charge in [-0.25, -0.2) is 22.8 Å². The molecule has 2 aromatic rings. The number of aromatic nitrogens is 1. The summed E-state index contributed by atoms with van der Waals surface area (Å²) in [5.41, 5.74) is 0.354. The number of esters is 1. The van der Waals surface area contributed by atoms with E-state index in [0.717, 1.165) is 32.1 Å². The fraction of sp³-hybridized carbons (Fsp3) is 0.667. The van der Waals surface area contributed by atoms with Gasteiger partial charge >= 0.3 is 12.1 Å². The van der Waals surface area contributed by atoms with E-state index in [2.05, 4.69) is 10.6 Å². The number of rotatable bonds is 7. The number of halogens is 3. The molecule has 1 aromatic carbocycles. The van der Waals surface area contributed by atoms with Crippen molar-refractivity contribution in [3.8, 4) is 0 Å². The van der Waals surface area contributed by atoms with Gasteiger partial charge in [0.15, 0.2) is 5.72 Å². The van der Waals surface area contributed by atoms with Gasteiger partial charge in [-0.2, -0.15) is 0 Å². The Kier molecular flexibility index (Phi) is 9.06. The van der Waals surface area contributed by atoms with Gasteiger partial charge in [-0.15, -0.1) is 0 Å². The van der Waals surface area contributed by atoms with E-state index in [1.165, 1.54) is 6.42 Å². The van der Waals surface area contributed by atoms with Crippen molar-refractivity contribution in [1.82, 2.24) is 14.8 Å². The molecule has 1 spiro atoms. The quantitative estimate of drug-likeness (QED) is 0.274. The lowest BCUT2D eigenvalue weighted by molar-refractivity contribution is -0.142. The highest BCUT2D eigenvalue weighted by molar-refractivity contribution is 6.02. The number of hydrogen-bond acceptors (Lipinski definition) is 5. The van der Waals surface area contributed by atoms with E-state index in [-0.39, 0.29) is 55.3 Å². The first kappa shape index (κ1) is 33.7. The maximum absolute atomic E-state index is 14.2. The number of amides is 3. The average molecular weight is 687 g/mol. The zero-order valence-corrected chi connectivity index (χ0v) is 27.6. The van der Waals surface area contributed by atoms with Crippen LogP contribution in [0.2, 0.25) is 0 Å². The van der Waals surface area contributed by atoms with E-state index in [0.29, 0.717) is 60.4 Å². The SMILES string of the molecule is O=C(O)N[C@H](CF)C1CCC(C(=O)N2CC[C@@H](C3CCCCC3)[C@H]2C(=O)Nc2ccc3c(c2)cc2n3C3(CCC(F)(F)CC3)OC2=O)CC1. The van der Waals surface area contributed by atoms with Crippen LogP contribution in [-0.4, -0.2) is 69.7 Å². The summed E-state index contributed by atoms with van der Waals surface area (Å²) in [7, 11) is 0. The molecule has 13 heteroatoms. The van der Waals surface area contributed by atoms with Gasteiger partial charge in [0.25, 0.3) is 0 Å². The minimum atomic E-state index is -2.79. The molecule has 0 bridgehead atoms. The Morgan fingerprint density at radius 1 is 0.959 bits per heavy atom. The van der Waals surface area contributed by atoms with Crippen molar-refractivity contribution in [2.75, 3.05) is 18.5 Å². The summed E-state index contributed by atoms with van der Waals surface area (Å²) in [5.74, 6) is -3.79. The van der Waals surface area contributed by atoms with Crippen molar-refractivity contribution in [1.29, 1.82) is 0 Å². The maximum Gasteiger partial charge on any atom is 0.404 e. The van der Waals surface area contributed by atoms with Gasteiger partial charge in [-0.3, -0.25) is 14.2 Å². The van der Waals surface area contributed by atoms with Crippen LogP contribution in [-0.2, 0) is 20.1 Å². The van der Waals surface area contributed by atoms with Crippen LogP contribution in [0.1, 0.15) is 100 Å². The first-order chi connectivity index (χ1) is 23.5. The van der Waals surface area contributed by atoms with E-state index in [1.54, 1.807) is 33.7 Å². The molecule has 3 heterocycles.